The predicted molar refractivity (Wildman–Crippen MR) is 82.2 cm³/mol. The summed E-state index contributed by atoms with van der Waals surface area (Å²) in [4.78, 5) is 5.95. The fourth-order valence-electron chi connectivity index (χ4n) is 2.30. The zero-order chi connectivity index (χ0) is 14.1. The van der Waals surface area contributed by atoms with Crippen molar-refractivity contribution in [2.45, 2.75) is 45.8 Å². The smallest absolute Gasteiger partial charge is 0.140 e. The summed E-state index contributed by atoms with van der Waals surface area (Å²) in [5.41, 5.74) is 9.40. The Bertz CT molecular complexity index is 617. The monoisotopic (exact) mass is 288 g/mol. The van der Waals surface area contributed by atoms with E-state index in [1.54, 1.807) is 11.3 Å². The molecule has 0 saturated heterocycles. The number of aryl methyl sites for hydroxylation is 2. The lowest BCUT2D eigenvalue weighted by Gasteiger charge is -2.08. The largest absolute Gasteiger partial charge is 0.486 e. The lowest BCUT2D eigenvalue weighted by Crippen LogP contribution is -1.98. The van der Waals surface area contributed by atoms with Gasteiger partial charge in [0.2, 0.25) is 0 Å². The van der Waals surface area contributed by atoms with E-state index in [-0.39, 0.29) is 0 Å². The second-order valence-corrected chi connectivity index (χ2v) is 6.62. The third-order valence-electron chi connectivity index (χ3n) is 3.62. The first-order valence-corrected chi connectivity index (χ1v) is 7.87. The number of aromatic nitrogens is 1. The summed E-state index contributed by atoms with van der Waals surface area (Å²) in [7, 11) is 0. The first kappa shape index (κ1) is 13.6. The zero-order valence-corrected chi connectivity index (χ0v) is 12.8. The van der Waals surface area contributed by atoms with E-state index in [1.807, 2.05) is 0 Å². The van der Waals surface area contributed by atoms with Crippen molar-refractivity contribution in [1.82, 2.24) is 4.98 Å². The minimum atomic E-state index is 0.536. The highest BCUT2D eigenvalue weighted by molar-refractivity contribution is 7.11. The average molecular weight is 288 g/mol. The van der Waals surface area contributed by atoms with E-state index in [9.17, 15) is 0 Å². The molecule has 106 valence electrons. The van der Waals surface area contributed by atoms with Gasteiger partial charge in [-0.05, 0) is 43.9 Å². The van der Waals surface area contributed by atoms with Crippen molar-refractivity contribution in [1.29, 1.82) is 0 Å². The molecule has 0 aliphatic heterocycles. The van der Waals surface area contributed by atoms with Gasteiger partial charge in [0.25, 0.3) is 0 Å². The summed E-state index contributed by atoms with van der Waals surface area (Å²) in [5, 5.41) is 1.04. The Morgan fingerprint density at radius 3 is 2.85 bits per heavy atom. The number of thiazole rings is 1. The topological polar surface area (TPSA) is 48.1 Å². The van der Waals surface area contributed by atoms with Crippen LogP contribution in [0.2, 0.25) is 0 Å². The zero-order valence-electron chi connectivity index (χ0n) is 12.0. The lowest BCUT2D eigenvalue weighted by molar-refractivity contribution is 0.303. The summed E-state index contributed by atoms with van der Waals surface area (Å²) >= 11 is 1.70. The van der Waals surface area contributed by atoms with Crippen LogP contribution in [-0.2, 0) is 13.2 Å². The van der Waals surface area contributed by atoms with Crippen LogP contribution in [0.25, 0.3) is 0 Å². The third-order valence-corrected chi connectivity index (χ3v) is 4.68. The molecule has 1 aromatic carbocycles. The van der Waals surface area contributed by atoms with Gasteiger partial charge < -0.3 is 10.5 Å². The standard InChI is InChI=1S/C16H20N2OS/c1-10-3-4-11(2)13(7-10)19-9-15-18-16(12-5-6-12)14(8-17)20-15/h3-4,7,12H,5-6,8-9,17H2,1-2H3. The minimum Gasteiger partial charge on any atom is -0.486 e. The van der Waals surface area contributed by atoms with E-state index in [1.165, 1.54) is 29.0 Å². The van der Waals surface area contributed by atoms with Crippen LogP contribution in [-0.4, -0.2) is 4.98 Å². The molecule has 2 aromatic rings. The van der Waals surface area contributed by atoms with Crippen molar-refractivity contribution in [3.05, 3.63) is 44.9 Å². The lowest BCUT2D eigenvalue weighted by atomic mass is 10.1. The van der Waals surface area contributed by atoms with Crippen LogP contribution in [0.5, 0.6) is 5.75 Å². The van der Waals surface area contributed by atoms with Gasteiger partial charge in [0.05, 0.1) is 5.69 Å². The van der Waals surface area contributed by atoms with Gasteiger partial charge >= 0.3 is 0 Å². The Morgan fingerprint density at radius 2 is 2.15 bits per heavy atom. The molecule has 0 atom stereocenters. The molecule has 0 radical (unpaired) electrons. The minimum absolute atomic E-state index is 0.536. The first-order chi connectivity index (χ1) is 9.67. The van der Waals surface area contributed by atoms with Crippen molar-refractivity contribution in [3.8, 4) is 5.75 Å². The van der Waals surface area contributed by atoms with E-state index >= 15 is 0 Å². The maximum Gasteiger partial charge on any atom is 0.140 e. The predicted octanol–water partition coefficient (Wildman–Crippen LogP) is 3.68. The molecule has 0 unspecified atom stereocenters. The number of ether oxygens (including phenoxy) is 1. The number of benzene rings is 1. The van der Waals surface area contributed by atoms with Gasteiger partial charge in [-0.2, -0.15) is 0 Å². The number of rotatable bonds is 5. The molecule has 20 heavy (non-hydrogen) atoms. The molecule has 3 nitrogen and oxygen atoms in total. The SMILES string of the molecule is Cc1ccc(C)c(OCc2nc(C3CC3)c(CN)s2)c1. The van der Waals surface area contributed by atoms with Crippen LogP contribution in [0.4, 0.5) is 0 Å². The number of hydrogen-bond donors (Lipinski definition) is 1. The number of nitrogens with zero attached hydrogens (tertiary/aromatic N) is 1. The highest BCUT2D eigenvalue weighted by atomic mass is 32.1. The summed E-state index contributed by atoms with van der Waals surface area (Å²) in [6.07, 6.45) is 2.52. The van der Waals surface area contributed by atoms with Crippen LogP contribution >= 0.6 is 11.3 Å². The molecule has 1 saturated carbocycles. The van der Waals surface area contributed by atoms with E-state index < -0.39 is 0 Å². The van der Waals surface area contributed by atoms with Crippen molar-refractivity contribution in [2.24, 2.45) is 5.73 Å². The second kappa shape index (κ2) is 5.54. The number of nitrogens with two attached hydrogens (primary N) is 1. The molecule has 2 N–H and O–H groups in total. The Hall–Kier alpha value is -1.39. The van der Waals surface area contributed by atoms with Gasteiger partial charge in [0.15, 0.2) is 0 Å². The fraction of sp³-hybridized carbons (Fsp3) is 0.438. The second-order valence-electron chi connectivity index (χ2n) is 5.45. The van der Waals surface area contributed by atoms with Crippen molar-refractivity contribution < 1.29 is 4.74 Å². The normalized spacial score (nSPS) is 14.6. The third kappa shape index (κ3) is 2.86. The van der Waals surface area contributed by atoms with E-state index in [4.69, 9.17) is 15.5 Å². The molecule has 3 rings (SSSR count). The van der Waals surface area contributed by atoms with Gasteiger partial charge in [-0.3, -0.25) is 0 Å². The van der Waals surface area contributed by atoms with E-state index in [0.717, 1.165) is 16.3 Å². The number of hydrogen-bond acceptors (Lipinski definition) is 4. The van der Waals surface area contributed by atoms with Gasteiger partial charge in [-0.15, -0.1) is 11.3 Å². The van der Waals surface area contributed by atoms with Crippen LogP contribution in [0.1, 0.15) is 45.5 Å². The van der Waals surface area contributed by atoms with Crippen LogP contribution in [0.3, 0.4) is 0 Å². The maximum atomic E-state index is 5.92. The Labute approximate surface area is 123 Å². The van der Waals surface area contributed by atoms with Crippen LogP contribution in [0, 0.1) is 13.8 Å². The Morgan fingerprint density at radius 1 is 1.35 bits per heavy atom. The molecule has 1 aliphatic rings. The first-order valence-electron chi connectivity index (χ1n) is 7.06. The maximum absolute atomic E-state index is 5.92. The molecule has 0 bridgehead atoms. The molecule has 1 aliphatic carbocycles. The van der Waals surface area contributed by atoms with Gasteiger partial charge in [0, 0.05) is 17.3 Å². The molecular formula is C16H20N2OS. The van der Waals surface area contributed by atoms with Gasteiger partial charge in [-0.25, -0.2) is 4.98 Å². The molecule has 1 aromatic heterocycles. The van der Waals surface area contributed by atoms with E-state index in [0.29, 0.717) is 19.1 Å². The average Bonchev–Trinajstić information content (AvgIpc) is 3.20. The van der Waals surface area contributed by atoms with Crippen LogP contribution in [0.15, 0.2) is 18.2 Å². The molecule has 1 fully saturated rings. The fourth-order valence-corrected chi connectivity index (χ4v) is 3.25. The molecule has 4 heteroatoms. The molecule has 1 heterocycles. The van der Waals surface area contributed by atoms with Crippen molar-refractivity contribution in [2.75, 3.05) is 0 Å². The van der Waals surface area contributed by atoms with Crippen LogP contribution < -0.4 is 10.5 Å². The van der Waals surface area contributed by atoms with Crippen molar-refractivity contribution >= 4 is 11.3 Å². The highest BCUT2D eigenvalue weighted by Crippen LogP contribution is 2.42. The summed E-state index contributed by atoms with van der Waals surface area (Å²) in [6, 6.07) is 6.27. The Balaban J connectivity index is 1.73. The summed E-state index contributed by atoms with van der Waals surface area (Å²) in [5.74, 6) is 1.60. The van der Waals surface area contributed by atoms with Crippen molar-refractivity contribution in [3.63, 3.8) is 0 Å². The Kier molecular flexibility index (Phi) is 3.76. The molecule has 0 spiro atoms. The highest BCUT2D eigenvalue weighted by Gasteiger charge is 2.29. The summed E-state index contributed by atoms with van der Waals surface area (Å²) < 4.78 is 5.92. The van der Waals surface area contributed by atoms with Gasteiger partial charge in [-0.1, -0.05) is 12.1 Å². The molecule has 0 amide bonds. The van der Waals surface area contributed by atoms with Gasteiger partial charge in [0.1, 0.15) is 17.4 Å². The summed E-state index contributed by atoms with van der Waals surface area (Å²) in [6.45, 7) is 5.27. The quantitative estimate of drug-likeness (QED) is 0.913. The van der Waals surface area contributed by atoms with E-state index in [2.05, 4.69) is 32.0 Å². The molecular weight excluding hydrogens is 268 g/mol.